The molecule has 29 heavy (non-hydrogen) atoms. The van der Waals surface area contributed by atoms with Crippen molar-refractivity contribution in [2.45, 2.75) is 50.2 Å². The molecule has 8 nitrogen and oxygen atoms in total. The molecule has 4 rings (SSSR count). The summed E-state index contributed by atoms with van der Waals surface area (Å²) in [6.07, 6.45) is -6.71. The Morgan fingerprint density at radius 1 is 1.00 bits per heavy atom. The summed E-state index contributed by atoms with van der Waals surface area (Å²) in [5, 5.41) is 42.7. The van der Waals surface area contributed by atoms with E-state index in [2.05, 4.69) is 5.32 Å². The molecule has 5 atom stereocenters. The summed E-state index contributed by atoms with van der Waals surface area (Å²) in [6, 6.07) is 13.0. The molecule has 156 valence electrons. The van der Waals surface area contributed by atoms with Crippen molar-refractivity contribution in [3.8, 4) is 11.5 Å². The summed E-state index contributed by atoms with van der Waals surface area (Å²) in [4.78, 5) is 0. The Balaban J connectivity index is 1.59. The monoisotopic (exact) mass is 403 g/mol. The Morgan fingerprint density at radius 3 is 2.52 bits per heavy atom. The van der Waals surface area contributed by atoms with Gasteiger partial charge in [0.25, 0.3) is 0 Å². The number of hydrogen-bond acceptors (Lipinski definition) is 8. The Labute approximate surface area is 168 Å². The number of hydrogen-bond donors (Lipinski definition) is 5. The lowest BCUT2D eigenvalue weighted by atomic mass is 9.96. The predicted molar refractivity (Wildman–Crippen MR) is 104 cm³/mol. The molecule has 1 saturated heterocycles. The van der Waals surface area contributed by atoms with Crippen LogP contribution in [0.4, 0.5) is 11.4 Å². The number of para-hydroxylation sites is 1. The van der Waals surface area contributed by atoms with E-state index in [0.717, 1.165) is 16.9 Å². The summed E-state index contributed by atoms with van der Waals surface area (Å²) in [5.74, 6) is 0.893. The van der Waals surface area contributed by atoms with Gasteiger partial charge >= 0.3 is 0 Å². The SMILES string of the molecule is CC1(C)Oc2cc(O[C@@H]3O[C@H](CO)[C@H](O)[C@H](O)[C@H]3O)ccc2Nc2ccccc21. The lowest BCUT2D eigenvalue weighted by Crippen LogP contribution is -2.60. The maximum atomic E-state index is 10.2. The van der Waals surface area contributed by atoms with Crippen molar-refractivity contribution in [3.63, 3.8) is 0 Å². The van der Waals surface area contributed by atoms with E-state index in [1.807, 2.05) is 38.1 Å². The highest BCUT2D eigenvalue weighted by atomic mass is 16.7. The molecular weight excluding hydrogens is 378 g/mol. The van der Waals surface area contributed by atoms with Crippen molar-refractivity contribution in [2.75, 3.05) is 11.9 Å². The first kappa shape index (κ1) is 19.9. The Morgan fingerprint density at radius 2 is 1.76 bits per heavy atom. The number of aliphatic hydroxyl groups is 4. The Bertz CT molecular complexity index is 885. The fourth-order valence-electron chi connectivity index (χ4n) is 3.65. The molecule has 0 spiro atoms. The molecule has 0 radical (unpaired) electrons. The van der Waals surface area contributed by atoms with Gasteiger partial charge in [0.2, 0.25) is 6.29 Å². The third-order valence-corrected chi connectivity index (χ3v) is 5.26. The number of fused-ring (bicyclic) bond motifs is 2. The van der Waals surface area contributed by atoms with Gasteiger partial charge in [0.05, 0.1) is 12.3 Å². The van der Waals surface area contributed by atoms with Crippen molar-refractivity contribution in [3.05, 3.63) is 48.0 Å². The van der Waals surface area contributed by atoms with Crippen LogP contribution in [0.1, 0.15) is 19.4 Å². The van der Waals surface area contributed by atoms with Gasteiger partial charge in [0, 0.05) is 17.3 Å². The van der Waals surface area contributed by atoms with Crippen molar-refractivity contribution < 1.29 is 34.6 Å². The molecule has 1 fully saturated rings. The fraction of sp³-hybridized carbons (Fsp3) is 0.429. The van der Waals surface area contributed by atoms with E-state index in [4.69, 9.17) is 14.2 Å². The average Bonchev–Trinajstić information content (AvgIpc) is 2.81. The van der Waals surface area contributed by atoms with Crippen LogP contribution in [0.15, 0.2) is 42.5 Å². The Kier molecular flexibility index (Phi) is 5.14. The first-order valence-electron chi connectivity index (χ1n) is 9.47. The molecule has 5 N–H and O–H groups in total. The second-order valence-corrected chi connectivity index (χ2v) is 7.76. The van der Waals surface area contributed by atoms with Crippen LogP contribution in [0.2, 0.25) is 0 Å². The van der Waals surface area contributed by atoms with E-state index in [-0.39, 0.29) is 0 Å². The predicted octanol–water partition coefficient (Wildman–Crippen LogP) is 1.24. The summed E-state index contributed by atoms with van der Waals surface area (Å²) in [5.41, 5.74) is 2.10. The molecule has 8 heteroatoms. The molecule has 0 amide bonds. The van der Waals surface area contributed by atoms with Gasteiger partial charge in [-0.3, -0.25) is 0 Å². The standard InChI is InChI=1S/C21H25NO7/c1-21(2)12-5-3-4-6-13(12)22-14-8-7-11(9-15(14)29-21)27-20-19(26)18(25)17(24)16(10-23)28-20/h3-9,16-20,22-26H,10H2,1-2H3/t16-,17+,18+,19-,20-/m1/s1. The minimum atomic E-state index is -1.50. The van der Waals surface area contributed by atoms with E-state index in [1.54, 1.807) is 18.2 Å². The van der Waals surface area contributed by atoms with Crippen LogP contribution in [0.3, 0.4) is 0 Å². The molecule has 0 aliphatic carbocycles. The molecule has 2 aromatic carbocycles. The van der Waals surface area contributed by atoms with Crippen LogP contribution in [-0.4, -0.2) is 57.7 Å². The number of anilines is 2. The highest BCUT2D eigenvalue weighted by molar-refractivity contribution is 5.72. The minimum absolute atomic E-state index is 0.344. The quantitative estimate of drug-likeness (QED) is 0.519. The zero-order chi connectivity index (χ0) is 20.8. The number of nitrogens with one attached hydrogen (secondary N) is 1. The lowest BCUT2D eigenvalue weighted by Gasteiger charge is -2.39. The van der Waals surface area contributed by atoms with Gasteiger partial charge in [-0.25, -0.2) is 0 Å². The average molecular weight is 403 g/mol. The molecule has 0 aromatic heterocycles. The van der Waals surface area contributed by atoms with Gasteiger partial charge in [-0.2, -0.15) is 0 Å². The van der Waals surface area contributed by atoms with Crippen LogP contribution in [0.5, 0.6) is 11.5 Å². The summed E-state index contributed by atoms with van der Waals surface area (Å²) in [7, 11) is 0. The largest absolute Gasteiger partial charge is 0.481 e. The van der Waals surface area contributed by atoms with Crippen LogP contribution in [-0.2, 0) is 10.3 Å². The molecular formula is C21H25NO7. The van der Waals surface area contributed by atoms with Crippen LogP contribution >= 0.6 is 0 Å². The van der Waals surface area contributed by atoms with Gasteiger partial charge in [-0.05, 0) is 32.0 Å². The third kappa shape index (κ3) is 3.65. The lowest BCUT2D eigenvalue weighted by molar-refractivity contribution is -0.277. The fourth-order valence-corrected chi connectivity index (χ4v) is 3.65. The first-order chi connectivity index (χ1) is 13.8. The zero-order valence-electron chi connectivity index (χ0n) is 16.1. The number of rotatable bonds is 3. The topological polar surface area (TPSA) is 121 Å². The van der Waals surface area contributed by atoms with Gasteiger partial charge in [-0.1, -0.05) is 18.2 Å². The second kappa shape index (κ2) is 7.47. The van der Waals surface area contributed by atoms with E-state index >= 15 is 0 Å². The van der Waals surface area contributed by atoms with E-state index in [9.17, 15) is 20.4 Å². The molecule has 2 aliphatic rings. The number of benzene rings is 2. The highest BCUT2D eigenvalue weighted by Gasteiger charge is 2.44. The maximum Gasteiger partial charge on any atom is 0.229 e. The van der Waals surface area contributed by atoms with Gasteiger partial charge in [0.1, 0.15) is 41.5 Å². The van der Waals surface area contributed by atoms with Crippen molar-refractivity contribution in [2.24, 2.45) is 0 Å². The minimum Gasteiger partial charge on any atom is -0.481 e. The van der Waals surface area contributed by atoms with Crippen molar-refractivity contribution in [1.29, 1.82) is 0 Å². The van der Waals surface area contributed by atoms with Gasteiger partial charge < -0.3 is 40.0 Å². The van der Waals surface area contributed by atoms with Crippen LogP contribution < -0.4 is 14.8 Å². The molecule has 2 aliphatic heterocycles. The van der Waals surface area contributed by atoms with E-state index in [1.165, 1.54) is 0 Å². The molecule has 2 heterocycles. The number of aliphatic hydroxyl groups excluding tert-OH is 4. The number of ether oxygens (including phenoxy) is 3. The zero-order valence-corrected chi connectivity index (χ0v) is 16.1. The van der Waals surface area contributed by atoms with Crippen molar-refractivity contribution >= 4 is 11.4 Å². The summed E-state index contributed by atoms with van der Waals surface area (Å²) in [6.45, 7) is 3.41. The normalized spacial score (nSPS) is 30.2. The molecule has 2 aromatic rings. The van der Waals surface area contributed by atoms with Crippen LogP contribution in [0, 0.1) is 0 Å². The summed E-state index contributed by atoms with van der Waals surface area (Å²) >= 11 is 0. The van der Waals surface area contributed by atoms with Crippen molar-refractivity contribution in [1.82, 2.24) is 0 Å². The first-order valence-corrected chi connectivity index (χ1v) is 9.47. The maximum absolute atomic E-state index is 10.2. The smallest absolute Gasteiger partial charge is 0.229 e. The van der Waals surface area contributed by atoms with E-state index < -0.39 is 42.9 Å². The highest BCUT2D eigenvalue weighted by Crippen LogP contribution is 2.43. The van der Waals surface area contributed by atoms with E-state index in [0.29, 0.717) is 11.5 Å². The third-order valence-electron chi connectivity index (χ3n) is 5.26. The van der Waals surface area contributed by atoms with Crippen LogP contribution in [0.25, 0.3) is 0 Å². The molecule has 0 unspecified atom stereocenters. The van der Waals surface area contributed by atoms with Gasteiger partial charge in [0.15, 0.2) is 0 Å². The Hall–Kier alpha value is -2.36. The molecule has 0 bridgehead atoms. The summed E-state index contributed by atoms with van der Waals surface area (Å²) < 4.78 is 17.3. The molecule has 0 saturated carbocycles. The van der Waals surface area contributed by atoms with Gasteiger partial charge in [-0.15, -0.1) is 0 Å². The second-order valence-electron chi connectivity index (χ2n) is 7.76.